The van der Waals surface area contributed by atoms with Crippen LogP contribution in [0.2, 0.25) is 0 Å². The summed E-state index contributed by atoms with van der Waals surface area (Å²) in [5, 5.41) is 0. The van der Waals surface area contributed by atoms with E-state index in [4.69, 9.17) is 5.73 Å². The number of nitrogens with two attached hydrogens (primary N) is 1. The number of anilines is 1. The molecule has 0 fully saturated rings. The number of nitrogens with zero attached hydrogens (tertiary/aromatic N) is 1. The van der Waals surface area contributed by atoms with Crippen LogP contribution in [0.25, 0.3) is 0 Å². The van der Waals surface area contributed by atoms with Crippen molar-refractivity contribution in [3.63, 3.8) is 0 Å². The molecule has 2 heteroatoms. The lowest BCUT2D eigenvalue weighted by molar-refractivity contribution is 0.318. The first kappa shape index (κ1) is 14.6. The highest BCUT2D eigenvalue weighted by Gasteiger charge is 2.07. The van der Waals surface area contributed by atoms with E-state index < -0.39 is 0 Å². The molecule has 2 N–H and O–H groups in total. The van der Waals surface area contributed by atoms with Crippen LogP contribution in [-0.4, -0.2) is 11.9 Å². The third-order valence-electron chi connectivity index (χ3n) is 3.70. The van der Waals surface area contributed by atoms with Crippen LogP contribution in [0, 0.1) is 20.8 Å². The van der Waals surface area contributed by atoms with Crippen molar-refractivity contribution in [3.8, 4) is 0 Å². The normalized spacial score (nSPS) is 11.1. The Kier molecular flexibility index (Phi) is 4.46. The molecule has 0 aliphatic carbocycles. The molecule has 2 rings (SSSR count). The molecule has 0 heterocycles. The summed E-state index contributed by atoms with van der Waals surface area (Å²) in [6.07, 6.45) is 0. The highest BCUT2D eigenvalue weighted by Crippen LogP contribution is 2.19. The first-order chi connectivity index (χ1) is 9.45. The Morgan fingerprint density at radius 1 is 0.900 bits per heavy atom. The molecular weight excluding hydrogens is 244 g/mol. The minimum atomic E-state index is 0.821. The number of rotatable bonds is 4. The molecule has 2 aromatic carbocycles. The maximum Gasteiger partial charge on any atom is 0.0314 e. The number of hydrogen-bond acceptors (Lipinski definition) is 2. The SMILES string of the molecule is Cc1cc(C)c(CN(C)Cc2ccc(N)cc2)c(C)c1. The highest BCUT2D eigenvalue weighted by molar-refractivity contribution is 5.39. The van der Waals surface area contributed by atoms with Crippen molar-refractivity contribution in [3.05, 3.63) is 64.2 Å². The molecule has 2 aromatic rings. The molecule has 0 aromatic heterocycles. The van der Waals surface area contributed by atoms with Gasteiger partial charge in [-0.15, -0.1) is 0 Å². The predicted molar refractivity (Wildman–Crippen MR) is 86.7 cm³/mol. The summed E-state index contributed by atoms with van der Waals surface area (Å²) in [5.74, 6) is 0. The Bertz CT molecular complexity index is 562. The summed E-state index contributed by atoms with van der Waals surface area (Å²) in [6.45, 7) is 8.47. The molecule has 0 saturated heterocycles. The second-order valence-corrected chi connectivity index (χ2v) is 5.79. The third kappa shape index (κ3) is 3.61. The average molecular weight is 268 g/mol. The first-order valence-electron chi connectivity index (χ1n) is 7.05. The fourth-order valence-corrected chi connectivity index (χ4v) is 2.72. The van der Waals surface area contributed by atoms with Gasteiger partial charge in [0.15, 0.2) is 0 Å². The molecule has 0 aliphatic heterocycles. The van der Waals surface area contributed by atoms with Gasteiger partial charge in [-0.25, -0.2) is 0 Å². The van der Waals surface area contributed by atoms with Crippen LogP contribution in [0.4, 0.5) is 5.69 Å². The minimum absolute atomic E-state index is 0.821. The number of aryl methyl sites for hydroxylation is 3. The molecule has 106 valence electrons. The quantitative estimate of drug-likeness (QED) is 0.854. The van der Waals surface area contributed by atoms with Crippen LogP contribution in [0.15, 0.2) is 36.4 Å². The van der Waals surface area contributed by atoms with Gasteiger partial charge in [0.05, 0.1) is 0 Å². The van der Waals surface area contributed by atoms with Crippen LogP contribution in [-0.2, 0) is 13.1 Å². The first-order valence-corrected chi connectivity index (χ1v) is 7.05. The van der Waals surface area contributed by atoms with Gasteiger partial charge in [0.25, 0.3) is 0 Å². The molecule has 0 bridgehead atoms. The molecule has 0 spiro atoms. The molecule has 0 aliphatic rings. The maximum atomic E-state index is 5.72. The summed E-state index contributed by atoms with van der Waals surface area (Å²) in [7, 11) is 2.16. The molecule has 0 saturated carbocycles. The predicted octanol–water partition coefficient (Wildman–Crippen LogP) is 3.83. The molecule has 0 amide bonds. The monoisotopic (exact) mass is 268 g/mol. The van der Waals surface area contributed by atoms with Gasteiger partial charge in [0.1, 0.15) is 0 Å². The molecule has 2 nitrogen and oxygen atoms in total. The number of hydrogen-bond donors (Lipinski definition) is 1. The Balaban J connectivity index is 2.08. The lowest BCUT2D eigenvalue weighted by Gasteiger charge is -2.20. The largest absolute Gasteiger partial charge is 0.399 e. The zero-order valence-electron chi connectivity index (χ0n) is 12.9. The fraction of sp³-hybridized carbons (Fsp3) is 0.333. The minimum Gasteiger partial charge on any atom is -0.399 e. The zero-order valence-corrected chi connectivity index (χ0v) is 12.9. The average Bonchev–Trinajstić information content (AvgIpc) is 2.36. The van der Waals surface area contributed by atoms with E-state index >= 15 is 0 Å². The standard InChI is InChI=1S/C18H24N2/c1-13-9-14(2)18(15(3)10-13)12-20(4)11-16-5-7-17(19)8-6-16/h5-10H,11-12,19H2,1-4H3. The van der Waals surface area contributed by atoms with E-state index in [2.05, 4.69) is 57.0 Å². The van der Waals surface area contributed by atoms with E-state index in [1.165, 1.54) is 27.8 Å². The van der Waals surface area contributed by atoms with E-state index in [-0.39, 0.29) is 0 Å². The van der Waals surface area contributed by atoms with Crippen molar-refractivity contribution in [2.24, 2.45) is 0 Å². The summed E-state index contributed by atoms with van der Waals surface area (Å²) in [6, 6.07) is 12.7. The topological polar surface area (TPSA) is 29.3 Å². The van der Waals surface area contributed by atoms with Gasteiger partial charge < -0.3 is 5.73 Å². The third-order valence-corrected chi connectivity index (χ3v) is 3.70. The van der Waals surface area contributed by atoms with Crippen molar-refractivity contribution in [2.45, 2.75) is 33.9 Å². The maximum absolute atomic E-state index is 5.72. The van der Waals surface area contributed by atoms with E-state index in [0.717, 1.165) is 18.8 Å². The fourth-order valence-electron chi connectivity index (χ4n) is 2.72. The van der Waals surface area contributed by atoms with Crippen molar-refractivity contribution >= 4 is 5.69 Å². The number of benzene rings is 2. The lowest BCUT2D eigenvalue weighted by atomic mass is 9.99. The smallest absolute Gasteiger partial charge is 0.0314 e. The van der Waals surface area contributed by atoms with Crippen LogP contribution < -0.4 is 5.73 Å². The van der Waals surface area contributed by atoms with Gasteiger partial charge in [-0.3, -0.25) is 4.90 Å². The summed E-state index contributed by atoms with van der Waals surface area (Å²) in [5.41, 5.74) is 13.4. The van der Waals surface area contributed by atoms with E-state index in [9.17, 15) is 0 Å². The van der Waals surface area contributed by atoms with Crippen LogP contribution >= 0.6 is 0 Å². The zero-order chi connectivity index (χ0) is 14.7. The van der Waals surface area contributed by atoms with Gasteiger partial charge in [0, 0.05) is 18.8 Å². The van der Waals surface area contributed by atoms with Crippen molar-refractivity contribution in [1.82, 2.24) is 4.90 Å². The molecule has 0 atom stereocenters. The Morgan fingerprint density at radius 2 is 1.45 bits per heavy atom. The Hall–Kier alpha value is -1.80. The van der Waals surface area contributed by atoms with Crippen molar-refractivity contribution in [2.75, 3.05) is 12.8 Å². The summed E-state index contributed by atoms with van der Waals surface area (Å²) < 4.78 is 0. The van der Waals surface area contributed by atoms with E-state index in [1.807, 2.05) is 12.1 Å². The van der Waals surface area contributed by atoms with Crippen LogP contribution in [0.5, 0.6) is 0 Å². The van der Waals surface area contributed by atoms with Gasteiger partial charge in [0.2, 0.25) is 0 Å². The van der Waals surface area contributed by atoms with Gasteiger partial charge in [-0.2, -0.15) is 0 Å². The van der Waals surface area contributed by atoms with E-state index in [0.29, 0.717) is 0 Å². The summed E-state index contributed by atoms with van der Waals surface area (Å²) >= 11 is 0. The molecule has 0 unspecified atom stereocenters. The molecular formula is C18H24N2. The Morgan fingerprint density at radius 3 is 2.00 bits per heavy atom. The van der Waals surface area contributed by atoms with Crippen LogP contribution in [0.1, 0.15) is 27.8 Å². The van der Waals surface area contributed by atoms with Crippen LogP contribution in [0.3, 0.4) is 0 Å². The number of nitrogen functional groups attached to an aromatic ring is 1. The second kappa shape index (κ2) is 6.10. The molecule has 20 heavy (non-hydrogen) atoms. The van der Waals surface area contributed by atoms with Crippen molar-refractivity contribution < 1.29 is 0 Å². The Labute approximate surface area is 122 Å². The van der Waals surface area contributed by atoms with Crippen molar-refractivity contribution in [1.29, 1.82) is 0 Å². The van der Waals surface area contributed by atoms with E-state index in [1.54, 1.807) is 0 Å². The van der Waals surface area contributed by atoms with Gasteiger partial charge >= 0.3 is 0 Å². The lowest BCUT2D eigenvalue weighted by Crippen LogP contribution is -2.18. The summed E-state index contributed by atoms with van der Waals surface area (Å²) in [4.78, 5) is 2.34. The molecule has 0 radical (unpaired) electrons. The van der Waals surface area contributed by atoms with Gasteiger partial charge in [-0.05, 0) is 62.2 Å². The second-order valence-electron chi connectivity index (χ2n) is 5.79. The highest BCUT2D eigenvalue weighted by atomic mass is 15.1. The van der Waals surface area contributed by atoms with Gasteiger partial charge in [-0.1, -0.05) is 29.8 Å².